The summed E-state index contributed by atoms with van der Waals surface area (Å²) in [4.78, 5) is 35.3. The van der Waals surface area contributed by atoms with E-state index in [2.05, 4.69) is 14.7 Å². The number of hydrogen-bond acceptors (Lipinski definition) is 5. The third-order valence-electron chi connectivity index (χ3n) is 2.44. The second-order valence-electron chi connectivity index (χ2n) is 5.14. The first-order chi connectivity index (χ1) is 10.2. The van der Waals surface area contributed by atoms with E-state index in [1.54, 1.807) is 6.08 Å². The normalized spacial score (nSPS) is 18.1. The van der Waals surface area contributed by atoms with Crippen LogP contribution < -0.4 is 0 Å². The number of hydrogen-bond donors (Lipinski definition) is 4. The van der Waals surface area contributed by atoms with E-state index in [4.69, 9.17) is 14.7 Å². The molecule has 0 aromatic heterocycles. The highest BCUT2D eigenvalue weighted by atomic mass is 31.3. The maximum Gasteiger partial charge on any atom is 0.488 e. The molecule has 0 fully saturated rings. The van der Waals surface area contributed by atoms with Crippen LogP contribution in [0, 0.1) is 0 Å². The number of allylic oxidation sites excluding steroid dienone is 4. The monoisotopic (exact) mass is 392 g/mol. The van der Waals surface area contributed by atoms with E-state index < -0.39 is 29.4 Å². The lowest BCUT2D eigenvalue weighted by atomic mass is 10.1. The van der Waals surface area contributed by atoms with Gasteiger partial charge in [-0.25, -0.2) is 13.4 Å². The maximum atomic E-state index is 11.6. The molecule has 23 heavy (non-hydrogen) atoms. The van der Waals surface area contributed by atoms with E-state index in [-0.39, 0.29) is 6.42 Å². The van der Waals surface area contributed by atoms with E-state index in [1.165, 1.54) is 5.57 Å². The second kappa shape index (κ2) is 9.42. The van der Waals surface area contributed by atoms with E-state index in [0.29, 0.717) is 0 Å². The first-order valence-corrected chi connectivity index (χ1v) is 11.4. The van der Waals surface area contributed by atoms with Gasteiger partial charge in [-0.3, -0.25) is 4.57 Å². The minimum atomic E-state index is -5.33. The third kappa shape index (κ3) is 14.0. The molecule has 0 amide bonds. The molecule has 0 spiro atoms. The highest BCUT2D eigenvalue weighted by Gasteiger charge is 2.38. The lowest BCUT2D eigenvalue weighted by Crippen LogP contribution is -1.96. The first kappa shape index (κ1) is 22.9. The maximum absolute atomic E-state index is 11.6. The molecule has 0 aliphatic heterocycles. The van der Waals surface area contributed by atoms with Crippen molar-refractivity contribution in [3.05, 3.63) is 23.3 Å². The van der Waals surface area contributed by atoms with Crippen LogP contribution in [0.2, 0.25) is 0 Å². The van der Waals surface area contributed by atoms with Crippen LogP contribution >= 0.6 is 23.2 Å². The summed E-state index contributed by atoms with van der Waals surface area (Å²) in [6.45, 7) is 5.80. The van der Waals surface area contributed by atoms with Gasteiger partial charge in [0.25, 0.3) is 0 Å². The molecule has 136 valence electrons. The molecule has 0 saturated carbocycles. The van der Waals surface area contributed by atoms with Gasteiger partial charge in [-0.1, -0.05) is 23.3 Å². The van der Waals surface area contributed by atoms with Crippen LogP contribution in [0.4, 0.5) is 0 Å². The lowest BCUT2D eigenvalue weighted by molar-refractivity contribution is 0.223. The van der Waals surface area contributed by atoms with E-state index in [1.807, 2.05) is 20.8 Å². The molecular formula is C11H23O9P3. The quantitative estimate of drug-likeness (QED) is 0.323. The largest absolute Gasteiger partial charge is 0.488 e. The third-order valence-corrected chi connectivity index (χ3v) is 6.78. The van der Waals surface area contributed by atoms with Crippen LogP contribution in [0.3, 0.4) is 0 Å². The molecule has 0 saturated heterocycles. The average molecular weight is 392 g/mol. The summed E-state index contributed by atoms with van der Waals surface area (Å²) in [5.41, 5.74) is 2.16. The van der Waals surface area contributed by atoms with Gasteiger partial charge in [0.15, 0.2) is 0 Å². The molecule has 0 aromatic carbocycles. The molecule has 4 N–H and O–H groups in total. The summed E-state index contributed by atoms with van der Waals surface area (Å²) >= 11 is 0. The summed E-state index contributed by atoms with van der Waals surface area (Å²) in [5, 5.41) is 0. The predicted molar refractivity (Wildman–Crippen MR) is 85.8 cm³/mol. The van der Waals surface area contributed by atoms with Gasteiger partial charge in [0, 0.05) is 0 Å². The van der Waals surface area contributed by atoms with E-state index >= 15 is 0 Å². The Morgan fingerprint density at radius 2 is 1.48 bits per heavy atom. The summed E-state index contributed by atoms with van der Waals surface area (Å²) in [5.74, 6) is 0. The second-order valence-corrected chi connectivity index (χ2v) is 10.1. The van der Waals surface area contributed by atoms with Crippen molar-refractivity contribution < 1.29 is 41.9 Å². The average Bonchev–Trinajstić information content (AvgIpc) is 2.22. The fraction of sp³-hybridized carbons (Fsp3) is 0.636. The van der Waals surface area contributed by atoms with Gasteiger partial charge >= 0.3 is 23.2 Å². The van der Waals surface area contributed by atoms with Crippen LogP contribution in [-0.4, -0.2) is 25.7 Å². The zero-order chi connectivity index (χ0) is 18.3. The molecule has 0 heterocycles. The fourth-order valence-electron chi connectivity index (χ4n) is 1.52. The van der Waals surface area contributed by atoms with Gasteiger partial charge in [0.05, 0.1) is 6.16 Å². The Morgan fingerprint density at radius 3 is 1.96 bits per heavy atom. The Balaban J connectivity index is 4.48. The minimum absolute atomic E-state index is 0.102. The van der Waals surface area contributed by atoms with Crippen LogP contribution in [0.1, 0.15) is 40.0 Å². The van der Waals surface area contributed by atoms with Gasteiger partial charge in [0.1, 0.15) is 0 Å². The van der Waals surface area contributed by atoms with Crippen LogP contribution in [0.15, 0.2) is 23.3 Å². The Labute approximate surface area is 135 Å². The smallest absolute Gasteiger partial charge is 0.324 e. The molecule has 0 bridgehead atoms. The van der Waals surface area contributed by atoms with Crippen LogP contribution in [0.25, 0.3) is 0 Å². The van der Waals surface area contributed by atoms with Crippen molar-refractivity contribution in [1.82, 2.24) is 0 Å². The van der Waals surface area contributed by atoms with Gasteiger partial charge < -0.3 is 19.6 Å². The molecule has 0 aliphatic rings. The molecule has 2 unspecified atom stereocenters. The predicted octanol–water partition coefficient (Wildman–Crippen LogP) is 3.48. The Morgan fingerprint density at radius 1 is 0.913 bits per heavy atom. The SMILES string of the molecule is CC(C)=CCC/C(C)=C/CCP(=O)(O)OP(=O)(O)OP(=O)(O)O. The number of rotatable bonds is 10. The molecule has 0 aliphatic carbocycles. The molecule has 0 aromatic rings. The molecular weight excluding hydrogens is 369 g/mol. The van der Waals surface area contributed by atoms with Crippen molar-refractivity contribution in [2.75, 3.05) is 6.16 Å². The summed E-state index contributed by atoms with van der Waals surface area (Å²) < 4.78 is 40.7. The summed E-state index contributed by atoms with van der Waals surface area (Å²) in [6.07, 6.45) is 4.96. The first-order valence-electron chi connectivity index (χ1n) is 6.64. The molecule has 9 nitrogen and oxygen atoms in total. The van der Waals surface area contributed by atoms with Gasteiger partial charge in [-0.05, 0) is 40.0 Å². The minimum Gasteiger partial charge on any atom is -0.324 e. The summed E-state index contributed by atoms with van der Waals surface area (Å²) in [6, 6.07) is 0. The number of phosphoric acid groups is 2. The Hall–Kier alpha value is -0.0700. The van der Waals surface area contributed by atoms with Crippen molar-refractivity contribution in [3.8, 4) is 0 Å². The zero-order valence-electron chi connectivity index (χ0n) is 13.2. The lowest BCUT2D eigenvalue weighted by Gasteiger charge is -2.16. The molecule has 0 radical (unpaired) electrons. The van der Waals surface area contributed by atoms with Crippen molar-refractivity contribution in [1.29, 1.82) is 0 Å². The van der Waals surface area contributed by atoms with Crippen molar-refractivity contribution >= 4 is 23.2 Å². The van der Waals surface area contributed by atoms with Crippen LogP contribution in [0.5, 0.6) is 0 Å². The van der Waals surface area contributed by atoms with Crippen molar-refractivity contribution in [2.24, 2.45) is 0 Å². The zero-order valence-corrected chi connectivity index (χ0v) is 15.8. The van der Waals surface area contributed by atoms with Crippen molar-refractivity contribution in [3.63, 3.8) is 0 Å². The Kier molecular flexibility index (Phi) is 9.39. The Bertz CT molecular complexity index is 586. The molecule has 2 atom stereocenters. The topological polar surface area (TPSA) is 151 Å². The molecule has 0 rings (SSSR count). The van der Waals surface area contributed by atoms with Gasteiger partial charge in [-0.15, -0.1) is 0 Å². The molecule has 12 heteroatoms. The van der Waals surface area contributed by atoms with Crippen LogP contribution in [-0.2, 0) is 22.3 Å². The fourth-order valence-corrected chi connectivity index (χ4v) is 5.05. The van der Waals surface area contributed by atoms with E-state index in [0.717, 1.165) is 18.4 Å². The summed E-state index contributed by atoms with van der Waals surface area (Å²) in [7, 11) is -15.2. The van der Waals surface area contributed by atoms with Gasteiger partial charge in [0.2, 0.25) is 0 Å². The highest BCUT2D eigenvalue weighted by molar-refractivity contribution is 7.68. The van der Waals surface area contributed by atoms with Gasteiger partial charge in [-0.2, -0.15) is 4.31 Å². The van der Waals surface area contributed by atoms with Crippen molar-refractivity contribution in [2.45, 2.75) is 40.0 Å². The van der Waals surface area contributed by atoms with E-state index in [9.17, 15) is 18.6 Å². The highest BCUT2D eigenvalue weighted by Crippen LogP contribution is 2.66. The standard InChI is InChI=1S/C11H23O9P3/c1-10(2)6-4-7-11(3)8-5-9-21(12,13)19-23(17,18)20-22(14,15)16/h6,8H,4-5,7,9H2,1-3H3,(H,12,13)(H,17,18)(H2,14,15,16)/b11-8+.